The molecule has 6 nitrogen and oxygen atoms in total. The number of thiophene rings is 2. The molecular weight excluding hydrogens is 979 g/mol. The van der Waals surface area contributed by atoms with E-state index in [9.17, 15) is 0 Å². The molecule has 0 bridgehead atoms. The number of hydrogen-bond donors (Lipinski definition) is 0. The van der Waals surface area contributed by atoms with Crippen LogP contribution in [0.1, 0.15) is 0 Å². The molecule has 0 amide bonds. The largest absolute Gasteiger partial charge is 0.456 e. The van der Waals surface area contributed by atoms with Crippen LogP contribution in [0.25, 0.3) is 163 Å². The fourth-order valence-corrected chi connectivity index (χ4v) is 14.4. The molecule has 6 heterocycles. The number of hydrogen-bond acceptors (Lipinski definition) is 6. The van der Waals surface area contributed by atoms with Gasteiger partial charge in [-0.15, -0.1) is 22.7 Å². The van der Waals surface area contributed by atoms with Gasteiger partial charge in [-0.05, 0) is 95.1 Å². The first-order valence-corrected chi connectivity index (χ1v) is 27.5. The third-order valence-corrected chi connectivity index (χ3v) is 17.9. The maximum atomic E-state index is 6.75. The number of nitrogens with zero attached hydrogens (tertiary/aromatic N) is 5. The molecule has 0 radical (unpaired) electrons. The minimum absolute atomic E-state index is 0.530. The summed E-state index contributed by atoms with van der Waals surface area (Å²) in [5.74, 6) is 1.67. The molecule has 8 heteroatoms. The Morgan fingerprint density at radius 2 is 0.896 bits per heavy atom. The van der Waals surface area contributed by atoms with Crippen LogP contribution in [-0.2, 0) is 0 Å². The van der Waals surface area contributed by atoms with E-state index in [1.165, 1.54) is 62.4 Å². The molecule has 0 saturated heterocycles. The molecule has 0 aliphatic heterocycles. The van der Waals surface area contributed by atoms with E-state index in [-0.39, 0.29) is 0 Å². The molecule has 358 valence electrons. The van der Waals surface area contributed by atoms with Crippen LogP contribution in [0.4, 0.5) is 0 Å². The molecule has 0 saturated carbocycles. The molecule has 17 aromatic rings. The standard InChI is InChI=1S/C69H39N5OS2/c1-3-15-40(16-4-1)67-70-68(72-69(71-67)74-56-25-11-8-20-47(56)51-34-33-50-46-19-7-10-24-55(46)73(65(50)66(51)74)44-17-5-2-6-18-44)52-23-13-26-58-63(52)53-38-43(30-35-57(53)75-58)45-22-14-28-61-64(45)54-37-41(31-36-60(54)76-61)42-29-32-49-48-21-9-12-27-59(48)77-62(49)39-42/h1-39H. The van der Waals surface area contributed by atoms with Gasteiger partial charge in [0.15, 0.2) is 11.6 Å². The minimum Gasteiger partial charge on any atom is -0.456 e. The van der Waals surface area contributed by atoms with Crippen LogP contribution in [-0.4, -0.2) is 24.1 Å². The Morgan fingerprint density at radius 1 is 0.312 bits per heavy atom. The van der Waals surface area contributed by atoms with E-state index in [0.717, 1.165) is 82.5 Å². The highest BCUT2D eigenvalue weighted by atomic mass is 32.1. The highest BCUT2D eigenvalue weighted by Gasteiger charge is 2.25. The van der Waals surface area contributed by atoms with Crippen molar-refractivity contribution in [3.8, 4) is 56.7 Å². The molecule has 0 atom stereocenters. The van der Waals surface area contributed by atoms with Crippen molar-refractivity contribution in [3.05, 3.63) is 237 Å². The zero-order chi connectivity index (χ0) is 50.3. The maximum Gasteiger partial charge on any atom is 0.238 e. The Hall–Kier alpha value is -9.73. The van der Waals surface area contributed by atoms with Crippen LogP contribution in [0.3, 0.4) is 0 Å². The van der Waals surface area contributed by atoms with Crippen LogP contribution >= 0.6 is 22.7 Å². The molecule has 0 spiro atoms. The molecule has 77 heavy (non-hydrogen) atoms. The first kappa shape index (κ1) is 42.6. The summed E-state index contributed by atoms with van der Waals surface area (Å²) in [6, 6.07) is 84.8. The number of benzene rings is 11. The van der Waals surface area contributed by atoms with Gasteiger partial charge >= 0.3 is 0 Å². The fraction of sp³-hybridized carbons (Fsp3) is 0. The summed E-state index contributed by atoms with van der Waals surface area (Å²) in [6.07, 6.45) is 0. The first-order chi connectivity index (χ1) is 38.2. The van der Waals surface area contributed by atoms with E-state index in [4.69, 9.17) is 19.4 Å². The van der Waals surface area contributed by atoms with Gasteiger partial charge in [-0.3, -0.25) is 4.57 Å². The van der Waals surface area contributed by atoms with E-state index in [0.29, 0.717) is 17.6 Å². The lowest BCUT2D eigenvalue weighted by molar-refractivity contribution is 0.669. The Labute approximate surface area is 447 Å². The highest BCUT2D eigenvalue weighted by molar-refractivity contribution is 7.26. The molecule has 0 unspecified atom stereocenters. The Balaban J connectivity index is 0.879. The van der Waals surface area contributed by atoms with E-state index in [2.05, 4.69) is 221 Å². The van der Waals surface area contributed by atoms with E-state index in [1.807, 2.05) is 46.9 Å². The predicted octanol–water partition coefficient (Wildman–Crippen LogP) is 19.4. The third-order valence-electron chi connectivity index (χ3n) is 15.6. The normalized spacial score (nSPS) is 12.2. The molecule has 0 N–H and O–H groups in total. The second-order valence-electron chi connectivity index (χ2n) is 19.8. The first-order valence-electron chi connectivity index (χ1n) is 25.8. The quantitative estimate of drug-likeness (QED) is 0.166. The summed E-state index contributed by atoms with van der Waals surface area (Å²) >= 11 is 3.71. The van der Waals surface area contributed by atoms with Gasteiger partial charge in [-0.25, -0.2) is 4.98 Å². The third kappa shape index (κ3) is 6.37. The van der Waals surface area contributed by atoms with Crippen LogP contribution in [0.2, 0.25) is 0 Å². The van der Waals surface area contributed by atoms with Crippen molar-refractivity contribution in [2.24, 2.45) is 0 Å². The number of furan rings is 1. The van der Waals surface area contributed by atoms with Crippen LogP contribution in [0, 0.1) is 0 Å². The highest BCUT2D eigenvalue weighted by Crippen LogP contribution is 2.46. The van der Waals surface area contributed by atoms with Gasteiger partial charge in [-0.2, -0.15) is 9.97 Å². The van der Waals surface area contributed by atoms with Crippen LogP contribution < -0.4 is 0 Å². The fourth-order valence-electron chi connectivity index (χ4n) is 12.2. The number of rotatable bonds is 6. The van der Waals surface area contributed by atoms with Crippen molar-refractivity contribution in [2.75, 3.05) is 0 Å². The van der Waals surface area contributed by atoms with Gasteiger partial charge in [-0.1, -0.05) is 164 Å². The van der Waals surface area contributed by atoms with Crippen LogP contribution in [0.15, 0.2) is 241 Å². The van der Waals surface area contributed by atoms with Gasteiger partial charge in [0.2, 0.25) is 5.95 Å². The van der Waals surface area contributed by atoms with Gasteiger partial charge < -0.3 is 8.98 Å². The van der Waals surface area contributed by atoms with Crippen molar-refractivity contribution >= 4 is 129 Å². The average Bonchev–Trinajstić information content (AvgIpc) is 4.38. The zero-order valence-electron chi connectivity index (χ0n) is 41.0. The lowest BCUT2D eigenvalue weighted by Gasteiger charge is -2.13. The number of fused-ring (bicyclic) bond motifs is 16. The Morgan fingerprint density at radius 3 is 1.73 bits per heavy atom. The molecular formula is C69H39N5OS2. The Bertz CT molecular complexity index is 5290. The monoisotopic (exact) mass is 1020 g/mol. The SMILES string of the molecule is c1ccc(-c2nc(-c3cccc4oc5ccc(-c6cccc7sc8ccc(-c9ccc%10c(c9)sc9ccccc9%10)cc8c67)cc5c34)nc(-n3c4ccccc4c4ccc5c6ccccc6n(-c6ccccc6)c5c43)n2)cc1. The lowest BCUT2D eigenvalue weighted by atomic mass is 9.95. The molecule has 17 rings (SSSR count). The van der Waals surface area contributed by atoms with Gasteiger partial charge in [0.25, 0.3) is 0 Å². The summed E-state index contributed by atoms with van der Waals surface area (Å²) < 4.78 is 16.5. The maximum absolute atomic E-state index is 6.75. The molecule has 0 aliphatic rings. The van der Waals surface area contributed by atoms with Crippen molar-refractivity contribution in [1.82, 2.24) is 24.1 Å². The van der Waals surface area contributed by atoms with Gasteiger partial charge in [0.1, 0.15) is 11.2 Å². The van der Waals surface area contributed by atoms with E-state index >= 15 is 0 Å². The average molecular weight is 1020 g/mol. The second-order valence-corrected chi connectivity index (χ2v) is 22.0. The van der Waals surface area contributed by atoms with Crippen molar-refractivity contribution < 1.29 is 4.42 Å². The summed E-state index contributed by atoms with van der Waals surface area (Å²) in [5.41, 5.74) is 13.4. The number of para-hydroxylation sites is 3. The molecule has 11 aromatic carbocycles. The lowest BCUT2D eigenvalue weighted by Crippen LogP contribution is -2.07. The topological polar surface area (TPSA) is 61.7 Å². The Kier molecular flexibility index (Phi) is 9.07. The summed E-state index contributed by atoms with van der Waals surface area (Å²) in [5, 5.41) is 11.7. The predicted molar refractivity (Wildman–Crippen MR) is 323 cm³/mol. The van der Waals surface area contributed by atoms with Crippen LogP contribution in [0.5, 0.6) is 0 Å². The smallest absolute Gasteiger partial charge is 0.238 e. The minimum atomic E-state index is 0.530. The van der Waals surface area contributed by atoms with Crippen molar-refractivity contribution in [1.29, 1.82) is 0 Å². The summed E-state index contributed by atoms with van der Waals surface area (Å²) in [7, 11) is 0. The molecule has 0 aliphatic carbocycles. The summed E-state index contributed by atoms with van der Waals surface area (Å²) in [6.45, 7) is 0. The van der Waals surface area contributed by atoms with Gasteiger partial charge in [0, 0.05) is 89.5 Å². The van der Waals surface area contributed by atoms with Crippen molar-refractivity contribution in [2.45, 2.75) is 0 Å². The number of aromatic nitrogens is 5. The summed E-state index contributed by atoms with van der Waals surface area (Å²) in [4.78, 5) is 16.4. The van der Waals surface area contributed by atoms with Gasteiger partial charge in [0.05, 0.1) is 22.1 Å². The molecule has 0 fully saturated rings. The second kappa shape index (κ2) is 16.4. The van der Waals surface area contributed by atoms with Crippen molar-refractivity contribution in [3.63, 3.8) is 0 Å². The van der Waals surface area contributed by atoms with E-state index in [1.54, 1.807) is 0 Å². The van der Waals surface area contributed by atoms with E-state index < -0.39 is 0 Å². The zero-order valence-corrected chi connectivity index (χ0v) is 42.6. The molecule has 6 aromatic heterocycles.